The highest BCUT2D eigenvalue weighted by atomic mass is 35.5. The first-order valence-electron chi connectivity index (χ1n) is 16.4. The first-order valence-corrected chi connectivity index (χ1v) is 16.8. The third-order valence-electron chi connectivity index (χ3n) is 9.42. The smallest absolute Gasteiger partial charge is 0.265 e. The van der Waals surface area contributed by atoms with Gasteiger partial charge in [-0.2, -0.15) is 0 Å². The highest BCUT2D eigenvalue weighted by Gasteiger charge is 2.31. The minimum absolute atomic E-state index is 0.00692. The topological polar surface area (TPSA) is 91.2 Å². The first kappa shape index (κ1) is 37.0. The van der Waals surface area contributed by atoms with E-state index in [1.54, 1.807) is 13.0 Å². The van der Waals surface area contributed by atoms with Crippen molar-refractivity contribution in [2.45, 2.75) is 105 Å². The number of halogens is 1. The van der Waals surface area contributed by atoms with Crippen LogP contribution in [-0.2, 0) is 20.4 Å². The molecule has 1 atom stereocenters. The van der Waals surface area contributed by atoms with Crippen LogP contribution in [0.15, 0.2) is 63.8 Å². The summed E-state index contributed by atoms with van der Waals surface area (Å²) in [5.41, 5.74) is 5.86. The van der Waals surface area contributed by atoms with Crippen molar-refractivity contribution in [1.29, 1.82) is 0 Å². The molecule has 2 aromatic rings. The van der Waals surface area contributed by atoms with E-state index in [1.165, 1.54) is 5.56 Å². The van der Waals surface area contributed by atoms with Crippen LogP contribution in [0.2, 0.25) is 0 Å². The maximum Gasteiger partial charge on any atom is 0.265 e. The van der Waals surface area contributed by atoms with Crippen LogP contribution in [0, 0.1) is 6.92 Å². The molecule has 0 saturated heterocycles. The molecule has 1 unspecified atom stereocenters. The number of allylic oxidation sites excluding steroid dienone is 3. The number of benzene rings is 2. The molecule has 0 fully saturated rings. The quantitative estimate of drug-likeness (QED) is 0.201. The number of ketones is 1. The van der Waals surface area contributed by atoms with Crippen molar-refractivity contribution >= 4 is 40.4 Å². The van der Waals surface area contributed by atoms with Crippen LogP contribution >= 0.6 is 11.6 Å². The van der Waals surface area contributed by atoms with Crippen molar-refractivity contribution in [2.24, 2.45) is 4.99 Å². The SMILES string of the molecule is CCC(Oc1ccc(C(C)(C)CC)cc1C(C)(C)CC)C(=O)NC1=CC(=Nc2ccc(N(CC)CCO)cc2C)C(C)=C(Cl)C1=O. The van der Waals surface area contributed by atoms with Crippen molar-refractivity contribution in [3.63, 3.8) is 0 Å². The lowest BCUT2D eigenvalue weighted by Gasteiger charge is -2.31. The van der Waals surface area contributed by atoms with Gasteiger partial charge in [-0.3, -0.25) is 9.59 Å². The molecule has 7 nitrogen and oxygen atoms in total. The van der Waals surface area contributed by atoms with Crippen LogP contribution in [0.5, 0.6) is 5.75 Å². The van der Waals surface area contributed by atoms with Gasteiger partial charge in [-0.1, -0.05) is 72.2 Å². The zero-order chi connectivity index (χ0) is 34.4. The summed E-state index contributed by atoms with van der Waals surface area (Å²) in [6.07, 6.45) is 3.06. The van der Waals surface area contributed by atoms with Gasteiger partial charge in [-0.05, 0) is 97.9 Å². The van der Waals surface area contributed by atoms with Gasteiger partial charge in [0.2, 0.25) is 5.78 Å². The first-order chi connectivity index (χ1) is 21.6. The number of amides is 1. The van der Waals surface area contributed by atoms with E-state index in [2.05, 4.69) is 63.9 Å². The number of likely N-dealkylation sites (N-methyl/N-ethyl adjacent to an activating group) is 1. The zero-order valence-corrected chi connectivity index (χ0v) is 30.1. The molecule has 0 aliphatic heterocycles. The molecule has 0 aromatic heterocycles. The van der Waals surface area contributed by atoms with Gasteiger partial charge in [0.25, 0.3) is 5.91 Å². The molecular weight excluding hydrogens is 598 g/mol. The number of aliphatic imine (C=N–C) groups is 1. The minimum atomic E-state index is -0.827. The number of aliphatic hydroxyl groups is 1. The van der Waals surface area contributed by atoms with E-state index in [-0.39, 0.29) is 28.2 Å². The number of anilines is 1. The van der Waals surface area contributed by atoms with Crippen molar-refractivity contribution in [1.82, 2.24) is 5.32 Å². The maximum absolute atomic E-state index is 13.6. The Morgan fingerprint density at radius 2 is 1.70 bits per heavy atom. The van der Waals surface area contributed by atoms with Crippen molar-refractivity contribution in [3.8, 4) is 5.75 Å². The Labute approximate surface area is 280 Å². The Morgan fingerprint density at radius 1 is 1.02 bits per heavy atom. The molecule has 1 amide bonds. The lowest BCUT2D eigenvalue weighted by Crippen LogP contribution is -2.40. The molecule has 2 N–H and O–H groups in total. The average Bonchev–Trinajstić information content (AvgIpc) is 3.04. The van der Waals surface area contributed by atoms with Crippen LogP contribution in [0.25, 0.3) is 0 Å². The van der Waals surface area contributed by atoms with E-state index in [0.29, 0.717) is 30.0 Å². The molecule has 46 heavy (non-hydrogen) atoms. The van der Waals surface area contributed by atoms with E-state index in [4.69, 9.17) is 21.3 Å². The molecule has 0 radical (unpaired) electrons. The molecule has 0 saturated carbocycles. The van der Waals surface area contributed by atoms with Crippen LogP contribution in [0.4, 0.5) is 11.4 Å². The second-order valence-corrected chi connectivity index (χ2v) is 13.7. The summed E-state index contributed by atoms with van der Waals surface area (Å²) in [7, 11) is 0. The van der Waals surface area contributed by atoms with E-state index in [1.807, 2.05) is 45.0 Å². The third-order valence-corrected chi connectivity index (χ3v) is 9.88. The Kier molecular flexibility index (Phi) is 12.4. The van der Waals surface area contributed by atoms with E-state index >= 15 is 0 Å². The fourth-order valence-corrected chi connectivity index (χ4v) is 5.47. The predicted molar refractivity (Wildman–Crippen MR) is 191 cm³/mol. The lowest BCUT2D eigenvalue weighted by atomic mass is 9.76. The van der Waals surface area contributed by atoms with Gasteiger partial charge in [-0.25, -0.2) is 4.99 Å². The summed E-state index contributed by atoms with van der Waals surface area (Å²) in [6.45, 7) is 22.2. The molecule has 0 heterocycles. The summed E-state index contributed by atoms with van der Waals surface area (Å²) in [5, 5.41) is 12.2. The van der Waals surface area contributed by atoms with Crippen LogP contribution < -0.4 is 15.0 Å². The Morgan fingerprint density at radius 3 is 2.26 bits per heavy atom. The second kappa shape index (κ2) is 15.4. The van der Waals surface area contributed by atoms with Crippen molar-refractivity contribution < 1.29 is 19.4 Å². The number of carbonyl (C=O) groups excluding carboxylic acids is 2. The molecule has 3 rings (SSSR count). The normalized spacial score (nSPS) is 15.6. The number of hydrogen-bond donors (Lipinski definition) is 2. The molecule has 1 aliphatic carbocycles. The fraction of sp³-hybridized carbons (Fsp3) is 0.500. The fourth-order valence-electron chi connectivity index (χ4n) is 5.27. The zero-order valence-electron chi connectivity index (χ0n) is 29.3. The number of hydrogen-bond acceptors (Lipinski definition) is 6. The highest BCUT2D eigenvalue weighted by molar-refractivity contribution is 6.49. The number of ether oxygens (including phenoxy) is 1. The molecule has 0 spiro atoms. The van der Waals surface area contributed by atoms with Gasteiger partial charge in [0.15, 0.2) is 6.10 Å². The number of rotatable bonds is 14. The lowest BCUT2D eigenvalue weighted by molar-refractivity contribution is -0.128. The summed E-state index contributed by atoms with van der Waals surface area (Å²) < 4.78 is 6.42. The number of nitrogens with one attached hydrogen (secondary N) is 1. The van der Waals surface area contributed by atoms with E-state index in [9.17, 15) is 14.7 Å². The summed E-state index contributed by atoms with van der Waals surface area (Å²) in [4.78, 5) is 33.7. The van der Waals surface area contributed by atoms with Gasteiger partial charge in [0.1, 0.15) is 5.75 Å². The maximum atomic E-state index is 13.6. The molecule has 1 aliphatic rings. The third kappa shape index (κ3) is 8.29. The number of Topliss-reactive ketones (excluding diaryl/α,β-unsaturated/α-hetero) is 1. The second-order valence-electron chi connectivity index (χ2n) is 13.3. The summed E-state index contributed by atoms with van der Waals surface area (Å²) in [6, 6.07) is 12.2. The number of carbonyl (C=O) groups is 2. The minimum Gasteiger partial charge on any atom is -0.480 e. The van der Waals surface area contributed by atoms with Crippen LogP contribution in [0.1, 0.15) is 98.3 Å². The largest absolute Gasteiger partial charge is 0.480 e. The average molecular weight is 650 g/mol. The highest BCUT2D eigenvalue weighted by Crippen LogP contribution is 2.39. The molecule has 2 aromatic carbocycles. The van der Waals surface area contributed by atoms with Gasteiger partial charge in [-0.15, -0.1) is 0 Å². The summed E-state index contributed by atoms with van der Waals surface area (Å²) in [5.74, 6) is -0.216. The monoisotopic (exact) mass is 649 g/mol. The van der Waals surface area contributed by atoms with Crippen molar-refractivity contribution in [2.75, 3.05) is 24.6 Å². The Hall–Kier alpha value is -3.42. The Bertz CT molecular complexity index is 1540. The molecule has 8 heteroatoms. The van der Waals surface area contributed by atoms with E-state index in [0.717, 1.165) is 41.9 Å². The number of aliphatic hydroxyl groups excluding tert-OH is 1. The predicted octanol–water partition coefficient (Wildman–Crippen LogP) is 8.21. The Balaban J connectivity index is 1.93. The van der Waals surface area contributed by atoms with E-state index < -0.39 is 17.8 Å². The van der Waals surface area contributed by atoms with Gasteiger partial charge in [0.05, 0.1) is 28.7 Å². The van der Waals surface area contributed by atoms with Crippen LogP contribution in [-0.4, -0.2) is 48.3 Å². The van der Waals surface area contributed by atoms with Gasteiger partial charge >= 0.3 is 0 Å². The van der Waals surface area contributed by atoms with Crippen LogP contribution in [0.3, 0.4) is 0 Å². The number of aryl methyl sites for hydroxylation is 1. The standard InChI is InChI=1S/C38H52ClN3O4/c1-11-32(46-33-18-15-26(37(7,8)12-2)22-28(33)38(9,10)13-3)36(45)41-31-23-30(25(6)34(39)35(31)44)40-29-17-16-27(21-24(29)5)42(14-4)19-20-43/h15-18,21-23,32,43H,11-14,19-20H2,1-10H3,(H,41,45). The number of nitrogens with zero attached hydrogens (tertiary/aromatic N) is 2. The molecule has 250 valence electrons. The summed E-state index contributed by atoms with van der Waals surface area (Å²) >= 11 is 6.51. The molecular formula is C38H52ClN3O4. The van der Waals surface area contributed by atoms with Crippen molar-refractivity contribution in [3.05, 3.63) is 75.5 Å². The van der Waals surface area contributed by atoms with Gasteiger partial charge < -0.3 is 20.1 Å². The molecule has 0 bridgehead atoms. The van der Waals surface area contributed by atoms with Gasteiger partial charge in [0, 0.05) is 24.3 Å².